The number of sulfonamides is 1. The van der Waals surface area contributed by atoms with Gasteiger partial charge in [0.1, 0.15) is 5.01 Å². The number of hydrogen-bond acceptors (Lipinski definition) is 5. The fraction of sp³-hybridized carbons (Fsp3) is 0.533. The zero-order valence-corrected chi connectivity index (χ0v) is 15.0. The van der Waals surface area contributed by atoms with Crippen molar-refractivity contribution in [1.82, 2.24) is 9.71 Å². The standard InChI is InChI=1S/C15H20N2O2S3/c1-11-14(21-15(17-11)13-8-5-9-20-13)10-16-22(18,19)12-6-3-2-4-7-12/h5,8-9,12,16H,2-4,6-7,10H2,1H3. The molecule has 2 heterocycles. The number of nitrogens with zero attached hydrogens (tertiary/aromatic N) is 1. The molecule has 120 valence electrons. The van der Waals surface area contributed by atoms with E-state index in [-0.39, 0.29) is 5.25 Å². The molecule has 2 aromatic heterocycles. The molecule has 1 aliphatic rings. The summed E-state index contributed by atoms with van der Waals surface area (Å²) in [7, 11) is -3.21. The average Bonchev–Trinajstić information content (AvgIpc) is 3.16. The molecule has 22 heavy (non-hydrogen) atoms. The monoisotopic (exact) mass is 356 g/mol. The molecule has 2 aromatic rings. The Morgan fingerprint density at radius 2 is 2.09 bits per heavy atom. The number of aryl methyl sites for hydroxylation is 1. The van der Waals surface area contributed by atoms with E-state index in [4.69, 9.17) is 0 Å². The van der Waals surface area contributed by atoms with Crippen molar-refractivity contribution in [2.24, 2.45) is 0 Å². The summed E-state index contributed by atoms with van der Waals surface area (Å²) in [5.74, 6) is 0. The highest BCUT2D eigenvalue weighted by atomic mass is 32.2. The smallest absolute Gasteiger partial charge is 0.214 e. The van der Waals surface area contributed by atoms with Crippen LogP contribution in [-0.4, -0.2) is 18.7 Å². The van der Waals surface area contributed by atoms with Gasteiger partial charge in [-0.05, 0) is 31.2 Å². The Labute approximate surface area is 139 Å². The van der Waals surface area contributed by atoms with Gasteiger partial charge in [-0.2, -0.15) is 0 Å². The number of hydrogen-bond donors (Lipinski definition) is 1. The lowest BCUT2D eigenvalue weighted by Gasteiger charge is -2.21. The van der Waals surface area contributed by atoms with E-state index in [1.807, 2.05) is 24.4 Å². The van der Waals surface area contributed by atoms with Crippen molar-refractivity contribution in [3.63, 3.8) is 0 Å². The van der Waals surface area contributed by atoms with E-state index in [0.29, 0.717) is 6.54 Å². The van der Waals surface area contributed by atoms with Crippen LogP contribution in [0.15, 0.2) is 17.5 Å². The van der Waals surface area contributed by atoms with Crippen molar-refractivity contribution >= 4 is 32.7 Å². The van der Waals surface area contributed by atoms with Crippen LogP contribution in [0.5, 0.6) is 0 Å². The van der Waals surface area contributed by atoms with Gasteiger partial charge < -0.3 is 0 Å². The van der Waals surface area contributed by atoms with E-state index in [2.05, 4.69) is 9.71 Å². The third-order valence-electron chi connectivity index (χ3n) is 4.05. The molecule has 0 aliphatic heterocycles. The largest absolute Gasteiger partial charge is 0.240 e. The van der Waals surface area contributed by atoms with Crippen molar-refractivity contribution in [2.45, 2.75) is 50.8 Å². The van der Waals surface area contributed by atoms with Gasteiger partial charge in [0.05, 0.1) is 15.8 Å². The first kappa shape index (κ1) is 16.1. The van der Waals surface area contributed by atoms with Gasteiger partial charge in [0, 0.05) is 11.4 Å². The second-order valence-corrected chi connectivity index (χ2v) is 9.71. The molecule has 0 saturated heterocycles. The van der Waals surface area contributed by atoms with E-state index in [0.717, 1.165) is 52.6 Å². The molecule has 0 unspecified atom stereocenters. The summed E-state index contributed by atoms with van der Waals surface area (Å²) >= 11 is 3.23. The van der Waals surface area contributed by atoms with E-state index >= 15 is 0 Å². The number of rotatable bonds is 5. The summed E-state index contributed by atoms with van der Waals surface area (Å²) in [5.41, 5.74) is 0.916. The highest BCUT2D eigenvalue weighted by molar-refractivity contribution is 7.90. The summed E-state index contributed by atoms with van der Waals surface area (Å²) in [5, 5.41) is 2.78. The predicted octanol–water partition coefficient (Wildman–Crippen LogP) is 3.93. The van der Waals surface area contributed by atoms with Crippen molar-refractivity contribution in [1.29, 1.82) is 0 Å². The van der Waals surface area contributed by atoms with E-state index in [1.54, 1.807) is 22.7 Å². The maximum atomic E-state index is 12.4. The highest BCUT2D eigenvalue weighted by Crippen LogP contribution is 2.31. The zero-order chi connectivity index (χ0) is 15.6. The van der Waals surface area contributed by atoms with Gasteiger partial charge in [0.2, 0.25) is 10.0 Å². The Morgan fingerprint density at radius 1 is 1.32 bits per heavy atom. The molecule has 0 amide bonds. The lowest BCUT2D eigenvalue weighted by atomic mass is 10.0. The topological polar surface area (TPSA) is 59.1 Å². The van der Waals surface area contributed by atoms with Crippen molar-refractivity contribution in [3.05, 3.63) is 28.1 Å². The third kappa shape index (κ3) is 3.59. The van der Waals surface area contributed by atoms with Crippen LogP contribution >= 0.6 is 22.7 Å². The minimum Gasteiger partial charge on any atom is -0.240 e. The zero-order valence-electron chi connectivity index (χ0n) is 12.5. The Morgan fingerprint density at radius 3 is 2.77 bits per heavy atom. The van der Waals surface area contributed by atoms with E-state index < -0.39 is 10.0 Å². The molecule has 1 aliphatic carbocycles. The summed E-state index contributed by atoms with van der Waals surface area (Å²) in [6.45, 7) is 2.30. The molecule has 4 nitrogen and oxygen atoms in total. The quantitative estimate of drug-likeness (QED) is 0.883. The number of thiazole rings is 1. The minimum atomic E-state index is -3.21. The van der Waals surface area contributed by atoms with Gasteiger partial charge in [-0.1, -0.05) is 25.3 Å². The van der Waals surface area contributed by atoms with Crippen LogP contribution in [0.2, 0.25) is 0 Å². The van der Waals surface area contributed by atoms with Gasteiger partial charge in [-0.3, -0.25) is 0 Å². The molecule has 1 fully saturated rings. The second kappa shape index (κ2) is 6.78. The van der Waals surface area contributed by atoms with Gasteiger partial charge >= 0.3 is 0 Å². The summed E-state index contributed by atoms with van der Waals surface area (Å²) in [6, 6.07) is 4.04. The molecule has 3 rings (SSSR count). The highest BCUT2D eigenvalue weighted by Gasteiger charge is 2.27. The Kier molecular flexibility index (Phi) is 4.97. The van der Waals surface area contributed by atoms with Gasteiger partial charge in [-0.25, -0.2) is 18.1 Å². The van der Waals surface area contributed by atoms with Crippen LogP contribution in [0.25, 0.3) is 9.88 Å². The summed E-state index contributed by atoms with van der Waals surface area (Å²) in [6.07, 6.45) is 4.78. The minimum absolute atomic E-state index is 0.216. The average molecular weight is 357 g/mol. The van der Waals surface area contributed by atoms with Crippen molar-refractivity contribution < 1.29 is 8.42 Å². The number of thiophene rings is 1. The Hall–Kier alpha value is -0.760. The Balaban J connectivity index is 1.68. The number of nitrogens with one attached hydrogen (secondary N) is 1. The van der Waals surface area contributed by atoms with Crippen LogP contribution < -0.4 is 4.72 Å². The van der Waals surface area contributed by atoms with E-state index in [9.17, 15) is 8.42 Å². The fourth-order valence-corrected chi connectivity index (χ4v) is 6.18. The first-order valence-electron chi connectivity index (χ1n) is 7.55. The van der Waals surface area contributed by atoms with Crippen LogP contribution in [0.1, 0.15) is 42.7 Å². The molecular formula is C15H20N2O2S3. The lowest BCUT2D eigenvalue weighted by Crippen LogP contribution is -2.35. The van der Waals surface area contributed by atoms with Crippen LogP contribution in [0.3, 0.4) is 0 Å². The van der Waals surface area contributed by atoms with Crippen molar-refractivity contribution in [2.75, 3.05) is 0 Å². The van der Waals surface area contributed by atoms with Gasteiger partial charge in [0.15, 0.2) is 0 Å². The van der Waals surface area contributed by atoms with Crippen molar-refractivity contribution in [3.8, 4) is 9.88 Å². The fourth-order valence-electron chi connectivity index (χ4n) is 2.76. The molecule has 0 radical (unpaired) electrons. The SMILES string of the molecule is Cc1nc(-c2cccs2)sc1CNS(=O)(=O)C1CCCCC1. The van der Waals surface area contributed by atoms with Gasteiger partial charge in [-0.15, -0.1) is 22.7 Å². The summed E-state index contributed by atoms with van der Waals surface area (Å²) < 4.78 is 27.6. The second-order valence-electron chi connectivity index (χ2n) is 5.63. The Bertz CT molecular complexity index is 714. The lowest BCUT2D eigenvalue weighted by molar-refractivity contribution is 0.477. The molecule has 1 N–H and O–H groups in total. The normalized spacial score (nSPS) is 17.0. The van der Waals surface area contributed by atoms with Gasteiger partial charge in [0.25, 0.3) is 0 Å². The molecule has 0 aromatic carbocycles. The number of aromatic nitrogens is 1. The molecule has 1 saturated carbocycles. The van der Waals surface area contributed by atoms with E-state index in [1.165, 1.54) is 0 Å². The molecule has 7 heteroatoms. The first-order valence-corrected chi connectivity index (χ1v) is 10.8. The van der Waals surface area contributed by atoms with Crippen LogP contribution in [-0.2, 0) is 16.6 Å². The molecule has 0 spiro atoms. The summed E-state index contributed by atoms with van der Waals surface area (Å²) in [4.78, 5) is 6.70. The molecule has 0 atom stereocenters. The predicted molar refractivity (Wildman–Crippen MR) is 92.8 cm³/mol. The third-order valence-corrected chi connectivity index (χ3v) is 8.14. The maximum absolute atomic E-state index is 12.4. The first-order chi connectivity index (χ1) is 10.6. The van der Waals surface area contributed by atoms with Crippen LogP contribution in [0, 0.1) is 6.92 Å². The molecule has 0 bridgehead atoms. The van der Waals surface area contributed by atoms with Crippen LogP contribution in [0.4, 0.5) is 0 Å². The molecular weight excluding hydrogens is 336 g/mol. The maximum Gasteiger partial charge on any atom is 0.214 e.